The van der Waals surface area contributed by atoms with E-state index >= 15 is 0 Å². The van der Waals surface area contributed by atoms with Crippen molar-refractivity contribution in [2.75, 3.05) is 0 Å². The highest BCUT2D eigenvalue weighted by atomic mass is 16.4. The summed E-state index contributed by atoms with van der Waals surface area (Å²) in [6.07, 6.45) is 3.08. The predicted molar refractivity (Wildman–Crippen MR) is 93.2 cm³/mol. The zero-order valence-electron chi connectivity index (χ0n) is 14.7. The molecule has 4 rings (SSSR count). The standard InChI is InChI=1S/C19H24N4O2/c1-13-20-21-17-12-23(16(18(24)25)11-22(13)17)15-8-9-19(2,10-15)14-6-4-3-5-7-14/h3-7,15-16H,8-12H2,1-2H3,(H,24,25). The molecule has 2 heterocycles. The Balaban J connectivity index is 1.60. The molecular formula is C19H24N4O2. The van der Waals surface area contributed by atoms with Gasteiger partial charge in [-0.1, -0.05) is 37.3 Å². The molecule has 1 aliphatic heterocycles. The highest BCUT2D eigenvalue weighted by molar-refractivity contribution is 5.73. The second kappa shape index (κ2) is 5.95. The lowest BCUT2D eigenvalue weighted by molar-refractivity contribution is -0.146. The molecule has 0 spiro atoms. The number of nitrogens with zero attached hydrogens (tertiary/aromatic N) is 4. The Hall–Kier alpha value is -2.21. The van der Waals surface area contributed by atoms with Crippen LogP contribution in [-0.2, 0) is 23.3 Å². The quantitative estimate of drug-likeness (QED) is 0.929. The van der Waals surface area contributed by atoms with Crippen LogP contribution in [0.4, 0.5) is 0 Å². The number of carboxylic acid groups (broad SMARTS) is 1. The molecule has 1 N–H and O–H groups in total. The number of hydrogen-bond donors (Lipinski definition) is 1. The van der Waals surface area contributed by atoms with E-state index in [1.54, 1.807) is 0 Å². The minimum atomic E-state index is -0.757. The first-order valence-corrected chi connectivity index (χ1v) is 8.91. The number of fused-ring (bicyclic) bond motifs is 1. The summed E-state index contributed by atoms with van der Waals surface area (Å²) >= 11 is 0. The van der Waals surface area contributed by atoms with Gasteiger partial charge in [0.2, 0.25) is 0 Å². The molecule has 0 bridgehead atoms. The summed E-state index contributed by atoms with van der Waals surface area (Å²) in [7, 11) is 0. The van der Waals surface area contributed by atoms with Crippen LogP contribution in [0.1, 0.15) is 43.4 Å². The lowest BCUT2D eigenvalue weighted by atomic mass is 9.81. The van der Waals surface area contributed by atoms with E-state index in [0.717, 1.165) is 30.9 Å². The Bertz CT molecular complexity index is 788. The van der Waals surface area contributed by atoms with Crippen molar-refractivity contribution in [2.45, 2.75) is 63.7 Å². The van der Waals surface area contributed by atoms with Crippen molar-refractivity contribution >= 4 is 5.97 Å². The van der Waals surface area contributed by atoms with Crippen molar-refractivity contribution in [1.29, 1.82) is 0 Å². The van der Waals surface area contributed by atoms with Gasteiger partial charge in [0, 0.05) is 6.04 Å². The highest BCUT2D eigenvalue weighted by Gasteiger charge is 2.44. The second-order valence-electron chi connectivity index (χ2n) is 7.62. The minimum Gasteiger partial charge on any atom is -0.480 e. The largest absolute Gasteiger partial charge is 0.480 e. The molecule has 3 unspecified atom stereocenters. The molecular weight excluding hydrogens is 316 g/mol. The molecule has 0 radical (unpaired) electrons. The fourth-order valence-corrected chi connectivity index (χ4v) is 4.53. The van der Waals surface area contributed by atoms with Crippen LogP contribution in [0.5, 0.6) is 0 Å². The van der Waals surface area contributed by atoms with E-state index in [4.69, 9.17) is 0 Å². The van der Waals surface area contributed by atoms with Gasteiger partial charge in [0.25, 0.3) is 0 Å². The van der Waals surface area contributed by atoms with E-state index in [0.29, 0.717) is 13.1 Å². The Kier molecular flexibility index (Phi) is 3.87. The summed E-state index contributed by atoms with van der Waals surface area (Å²) in [4.78, 5) is 14.0. The highest BCUT2D eigenvalue weighted by Crippen LogP contribution is 2.43. The number of carboxylic acids is 1. The van der Waals surface area contributed by atoms with Gasteiger partial charge < -0.3 is 9.67 Å². The van der Waals surface area contributed by atoms with Crippen molar-refractivity contribution in [2.24, 2.45) is 0 Å². The lowest BCUT2D eigenvalue weighted by Crippen LogP contribution is -2.52. The van der Waals surface area contributed by atoms with Crippen LogP contribution in [0.25, 0.3) is 0 Å². The fourth-order valence-electron chi connectivity index (χ4n) is 4.53. The summed E-state index contributed by atoms with van der Waals surface area (Å²) in [6.45, 7) is 5.18. The van der Waals surface area contributed by atoms with Gasteiger partial charge in [-0.25, -0.2) is 0 Å². The van der Waals surface area contributed by atoms with Crippen LogP contribution in [0, 0.1) is 6.92 Å². The van der Waals surface area contributed by atoms with Crippen molar-refractivity contribution in [3.05, 3.63) is 47.5 Å². The van der Waals surface area contributed by atoms with E-state index in [9.17, 15) is 9.90 Å². The van der Waals surface area contributed by atoms with E-state index in [1.807, 2.05) is 17.6 Å². The van der Waals surface area contributed by atoms with Gasteiger partial charge in [0.15, 0.2) is 0 Å². The number of aryl methyl sites for hydroxylation is 1. The molecule has 1 aromatic carbocycles. The minimum absolute atomic E-state index is 0.107. The molecule has 1 fully saturated rings. The van der Waals surface area contributed by atoms with Crippen LogP contribution in [-0.4, -0.2) is 42.8 Å². The number of aromatic nitrogens is 3. The SMILES string of the molecule is Cc1nnc2n1CC(C(=O)O)N(C1CCC(C)(c3ccccc3)C1)C2. The molecule has 2 aromatic rings. The Labute approximate surface area is 147 Å². The van der Waals surface area contributed by atoms with Gasteiger partial charge in [-0.2, -0.15) is 0 Å². The lowest BCUT2D eigenvalue weighted by Gasteiger charge is -2.38. The smallest absolute Gasteiger partial charge is 0.322 e. The van der Waals surface area contributed by atoms with Crippen molar-refractivity contribution in [1.82, 2.24) is 19.7 Å². The van der Waals surface area contributed by atoms with Gasteiger partial charge >= 0.3 is 5.97 Å². The van der Waals surface area contributed by atoms with Crippen molar-refractivity contribution in [3.63, 3.8) is 0 Å². The van der Waals surface area contributed by atoms with Gasteiger partial charge in [-0.3, -0.25) is 9.69 Å². The third-order valence-electron chi connectivity index (χ3n) is 6.03. The summed E-state index contributed by atoms with van der Waals surface area (Å²) in [5, 5.41) is 18.1. The fraction of sp³-hybridized carbons (Fsp3) is 0.526. The molecule has 6 heteroatoms. The molecule has 0 saturated heterocycles. The normalized spacial score (nSPS) is 29.5. The van der Waals surface area contributed by atoms with Gasteiger partial charge in [-0.15, -0.1) is 10.2 Å². The zero-order chi connectivity index (χ0) is 17.6. The van der Waals surface area contributed by atoms with Gasteiger partial charge in [0.05, 0.1) is 13.1 Å². The number of carbonyl (C=O) groups is 1. The Morgan fingerprint density at radius 3 is 2.76 bits per heavy atom. The summed E-state index contributed by atoms with van der Waals surface area (Å²) in [5.74, 6) is 0.914. The monoisotopic (exact) mass is 340 g/mol. The molecule has 3 atom stereocenters. The molecule has 132 valence electrons. The molecule has 0 amide bonds. The van der Waals surface area contributed by atoms with Crippen LogP contribution in [0.3, 0.4) is 0 Å². The number of hydrogen-bond acceptors (Lipinski definition) is 4. The van der Waals surface area contributed by atoms with Gasteiger partial charge in [0.1, 0.15) is 17.7 Å². The second-order valence-corrected chi connectivity index (χ2v) is 7.62. The summed E-state index contributed by atoms with van der Waals surface area (Å²) in [5.41, 5.74) is 1.45. The van der Waals surface area contributed by atoms with E-state index < -0.39 is 12.0 Å². The molecule has 6 nitrogen and oxygen atoms in total. The average Bonchev–Trinajstić information content (AvgIpc) is 3.19. The van der Waals surface area contributed by atoms with Gasteiger partial charge in [-0.05, 0) is 37.2 Å². The maximum Gasteiger partial charge on any atom is 0.322 e. The molecule has 1 aromatic heterocycles. The molecule has 1 aliphatic carbocycles. The van der Waals surface area contributed by atoms with Crippen LogP contribution < -0.4 is 0 Å². The summed E-state index contributed by atoms with van der Waals surface area (Å²) < 4.78 is 1.95. The van der Waals surface area contributed by atoms with Crippen LogP contribution in [0.15, 0.2) is 30.3 Å². The first kappa shape index (κ1) is 16.3. The third-order valence-corrected chi connectivity index (χ3v) is 6.03. The maximum atomic E-state index is 11.9. The Morgan fingerprint density at radius 2 is 2.04 bits per heavy atom. The number of rotatable bonds is 3. The summed E-state index contributed by atoms with van der Waals surface area (Å²) in [6, 6.07) is 10.3. The Morgan fingerprint density at radius 1 is 1.28 bits per heavy atom. The first-order chi connectivity index (χ1) is 12.0. The van der Waals surface area contributed by atoms with Crippen molar-refractivity contribution in [3.8, 4) is 0 Å². The third kappa shape index (κ3) is 2.74. The van der Waals surface area contributed by atoms with Crippen molar-refractivity contribution < 1.29 is 9.90 Å². The van der Waals surface area contributed by atoms with Crippen LogP contribution in [0.2, 0.25) is 0 Å². The predicted octanol–water partition coefficient (Wildman–Crippen LogP) is 2.37. The number of benzene rings is 1. The molecule has 2 aliphatic rings. The average molecular weight is 340 g/mol. The van der Waals surface area contributed by atoms with E-state index in [1.165, 1.54) is 5.56 Å². The molecule has 1 saturated carbocycles. The zero-order valence-corrected chi connectivity index (χ0v) is 14.7. The number of aliphatic carboxylic acids is 1. The van der Waals surface area contributed by atoms with Crippen LogP contribution >= 0.6 is 0 Å². The molecule has 25 heavy (non-hydrogen) atoms. The van der Waals surface area contributed by atoms with E-state index in [-0.39, 0.29) is 11.5 Å². The topological polar surface area (TPSA) is 71.2 Å². The first-order valence-electron chi connectivity index (χ1n) is 8.91. The van der Waals surface area contributed by atoms with E-state index in [2.05, 4.69) is 46.3 Å². The maximum absolute atomic E-state index is 11.9.